The van der Waals surface area contributed by atoms with Gasteiger partial charge in [-0.1, -0.05) is 43.3 Å². The van der Waals surface area contributed by atoms with E-state index in [9.17, 15) is 13.2 Å². The van der Waals surface area contributed by atoms with Crippen molar-refractivity contribution in [3.63, 3.8) is 0 Å². The number of nitrogens with zero attached hydrogens (tertiary/aromatic N) is 2. The lowest BCUT2D eigenvalue weighted by molar-refractivity contribution is -0.120. The summed E-state index contributed by atoms with van der Waals surface area (Å²) in [6.45, 7) is 2.68. The third-order valence-corrected chi connectivity index (χ3v) is 7.59. The van der Waals surface area contributed by atoms with Crippen LogP contribution in [0.2, 0.25) is 0 Å². The fourth-order valence-electron chi connectivity index (χ4n) is 3.89. The van der Waals surface area contributed by atoms with Crippen molar-refractivity contribution in [1.82, 2.24) is 9.29 Å². The Hall–Kier alpha value is -2.77. The molecule has 7 heteroatoms. The van der Waals surface area contributed by atoms with E-state index in [0.717, 1.165) is 22.8 Å². The Kier molecular flexibility index (Phi) is 5.83. The van der Waals surface area contributed by atoms with E-state index in [1.54, 1.807) is 18.3 Å². The minimum atomic E-state index is -3.58. The summed E-state index contributed by atoms with van der Waals surface area (Å²) < 4.78 is 27.7. The number of carbonyl (C=O) groups is 1. The van der Waals surface area contributed by atoms with Crippen LogP contribution in [0.3, 0.4) is 0 Å². The summed E-state index contributed by atoms with van der Waals surface area (Å²) in [4.78, 5) is 17.3. The molecule has 6 nitrogen and oxygen atoms in total. The number of carbonyl (C=O) groups excluding carboxylic acids is 1. The molecule has 1 aromatic heterocycles. The molecule has 0 aliphatic carbocycles. The Labute approximate surface area is 177 Å². The molecule has 156 valence electrons. The highest BCUT2D eigenvalue weighted by Gasteiger charge is 2.32. The summed E-state index contributed by atoms with van der Waals surface area (Å²) in [6.07, 6.45) is 3.43. The van der Waals surface area contributed by atoms with E-state index in [-0.39, 0.29) is 11.8 Å². The Morgan fingerprint density at radius 2 is 1.80 bits per heavy atom. The number of aromatic nitrogens is 1. The Balaban J connectivity index is 1.43. The van der Waals surface area contributed by atoms with Crippen molar-refractivity contribution >= 4 is 32.5 Å². The number of nitrogens with one attached hydrogen (secondary N) is 1. The summed E-state index contributed by atoms with van der Waals surface area (Å²) in [5.41, 5.74) is 0.988. The molecule has 1 fully saturated rings. The van der Waals surface area contributed by atoms with E-state index in [1.807, 2.05) is 49.4 Å². The molecule has 2 heterocycles. The van der Waals surface area contributed by atoms with Crippen LogP contribution in [0.5, 0.6) is 0 Å². The third kappa shape index (κ3) is 4.08. The molecule has 4 rings (SSSR count). The lowest BCUT2D eigenvalue weighted by Crippen LogP contribution is -2.41. The number of sulfonamides is 1. The first kappa shape index (κ1) is 20.5. The second-order valence-electron chi connectivity index (χ2n) is 7.54. The van der Waals surface area contributed by atoms with Crippen LogP contribution in [0.15, 0.2) is 65.7 Å². The van der Waals surface area contributed by atoms with Gasteiger partial charge in [-0.25, -0.2) is 13.4 Å². The molecule has 3 aromatic rings. The predicted octanol–water partition coefficient (Wildman–Crippen LogP) is 3.84. The Bertz CT molecular complexity index is 1170. The normalized spacial score (nSPS) is 15.9. The highest BCUT2D eigenvalue weighted by Crippen LogP contribution is 2.27. The molecule has 2 aromatic carbocycles. The first-order chi connectivity index (χ1) is 14.5. The molecule has 1 amide bonds. The summed E-state index contributed by atoms with van der Waals surface area (Å²) in [7, 11) is -3.58. The SMILES string of the molecule is CCc1cccnc1NC(=O)C1CCN(S(=O)(=O)c2ccc3ccccc3c2)CC1. The number of fused-ring (bicyclic) bond motifs is 1. The van der Waals surface area contributed by atoms with Crippen molar-refractivity contribution < 1.29 is 13.2 Å². The number of hydrogen-bond acceptors (Lipinski definition) is 4. The zero-order valence-electron chi connectivity index (χ0n) is 16.9. The van der Waals surface area contributed by atoms with Gasteiger partial charge in [0.2, 0.25) is 15.9 Å². The monoisotopic (exact) mass is 423 g/mol. The second-order valence-corrected chi connectivity index (χ2v) is 9.48. The highest BCUT2D eigenvalue weighted by atomic mass is 32.2. The van der Waals surface area contributed by atoms with E-state index in [0.29, 0.717) is 36.6 Å². The Morgan fingerprint density at radius 3 is 2.53 bits per heavy atom. The number of pyridine rings is 1. The van der Waals surface area contributed by atoms with Crippen molar-refractivity contribution in [2.45, 2.75) is 31.1 Å². The van der Waals surface area contributed by atoms with Crippen molar-refractivity contribution in [3.8, 4) is 0 Å². The van der Waals surface area contributed by atoms with Gasteiger partial charge < -0.3 is 5.32 Å². The predicted molar refractivity (Wildman–Crippen MR) is 118 cm³/mol. The van der Waals surface area contributed by atoms with E-state index in [1.165, 1.54) is 4.31 Å². The van der Waals surface area contributed by atoms with Gasteiger partial charge in [-0.05, 0) is 53.8 Å². The van der Waals surface area contributed by atoms with Gasteiger partial charge >= 0.3 is 0 Å². The molecule has 1 saturated heterocycles. The van der Waals surface area contributed by atoms with Crippen LogP contribution in [0, 0.1) is 5.92 Å². The smallest absolute Gasteiger partial charge is 0.243 e. The van der Waals surface area contributed by atoms with Crippen LogP contribution in [0.1, 0.15) is 25.3 Å². The lowest BCUT2D eigenvalue weighted by atomic mass is 9.97. The maximum atomic E-state index is 13.1. The minimum absolute atomic E-state index is 0.0915. The van der Waals surface area contributed by atoms with Crippen LogP contribution in [-0.2, 0) is 21.2 Å². The van der Waals surface area contributed by atoms with E-state index < -0.39 is 10.0 Å². The maximum Gasteiger partial charge on any atom is 0.243 e. The van der Waals surface area contributed by atoms with Gasteiger partial charge in [0.05, 0.1) is 4.90 Å². The molecule has 0 saturated carbocycles. The van der Waals surface area contributed by atoms with Gasteiger partial charge in [-0.3, -0.25) is 4.79 Å². The van der Waals surface area contributed by atoms with Crippen LogP contribution in [0.25, 0.3) is 10.8 Å². The van der Waals surface area contributed by atoms with Gasteiger partial charge in [0.1, 0.15) is 5.82 Å². The third-order valence-electron chi connectivity index (χ3n) is 5.70. The molecule has 1 aliphatic rings. The largest absolute Gasteiger partial charge is 0.310 e. The number of benzene rings is 2. The molecule has 0 unspecified atom stereocenters. The fraction of sp³-hybridized carbons (Fsp3) is 0.304. The first-order valence-electron chi connectivity index (χ1n) is 10.2. The number of aryl methyl sites for hydroxylation is 1. The van der Waals surface area contributed by atoms with Crippen molar-refractivity contribution in [2.24, 2.45) is 5.92 Å². The standard InChI is InChI=1S/C23H25N3O3S/c1-2-17-8-5-13-24-22(17)25-23(27)19-11-14-26(15-12-19)30(28,29)21-10-9-18-6-3-4-7-20(18)16-21/h3-10,13,16,19H,2,11-12,14-15H2,1H3,(H,24,25,27). The van der Waals surface area contributed by atoms with Gasteiger partial charge in [0.25, 0.3) is 0 Å². The topological polar surface area (TPSA) is 79.4 Å². The fourth-order valence-corrected chi connectivity index (χ4v) is 5.40. The van der Waals surface area contributed by atoms with Crippen LogP contribution < -0.4 is 5.32 Å². The van der Waals surface area contributed by atoms with E-state index >= 15 is 0 Å². The molecule has 1 aliphatic heterocycles. The summed E-state index contributed by atoms with van der Waals surface area (Å²) in [6, 6.07) is 16.7. The molecule has 30 heavy (non-hydrogen) atoms. The maximum absolute atomic E-state index is 13.1. The number of piperidine rings is 1. The summed E-state index contributed by atoms with van der Waals surface area (Å²) >= 11 is 0. The first-order valence-corrected chi connectivity index (χ1v) is 11.7. The quantitative estimate of drug-likeness (QED) is 0.676. The molecule has 0 bridgehead atoms. The van der Waals surface area contributed by atoms with E-state index in [2.05, 4.69) is 10.3 Å². The molecular weight excluding hydrogens is 398 g/mol. The Morgan fingerprint density at radius 1 is 1.07 bits per heavy atom. The molecule has 0 spiro atoms. The molecule has 0 atom stereocenters. The summed E-state index contributed by atoms with van der Waals surface area (Å²) in [5, 5.41) is 4.82. The van der Waals surface area contributed by atoms with Gasteiger partial charge in [-0.15, -0.1) is 0 Å². The zero-order valence-corrected chi connectivity index (χ0v) is 17.7. The summed E-state index contributed by atoms with van der Waals surface area (Å²) in [5.74, 6) is 0.280. The molecular formula is C23H25N3O3S. The van der Waals surface area contributed by atoms with Crippen LogP contribution in [-0.4, -0.2) is 36.7 Å². The van der Waals surface area contributed by atoms with Gasteiger partial charge in [0.15, 0.2) is 0 Å². The molecule has 1 N–H and O–H groups in total. The number of anilines is 1. The van der Waals surface area contributed by atoms with E-state index in [4.69, 9.17) is 0 Å². The second kappa shape index (κ2) is 8.53. The number of hydrogen-bond donors (Lipinski definition) is 1. The number of amides is 1. The highest BCUT2D eigenvalue weighted by molar-refractivity contribution is 7.89. The van der Waals surface area contributed by atoms with Gasteiger partial charge in [-0.2, -0.15) is 4.31 Å². The lowest BCUT2D eigenvalue weighted by Gasteiger charge is -2.30. The van der Waals surface area contributed by atoms with Crippen molar-refractivity contribution in [1.29, 1.82) is 0 Å². The average Bonchev–Trinajstić information content (AvgIpc) is 2.79. The molecule has 0 radical (unpaired) electrons. The van der Waals surface area contributed by atoms with Crippen LogP contribution in [0.4, 0.5) is 5.82 Å². The average molecular weight is 424 g/mol. The van der Waals surface area contributed by atoms with Gasteiger partial charge in [0, 0.05) is 25.2 Å². The van der Waals surface area contributed by atoms with Crippen molar-refractivity contribution in [2.75, 3.05) is 18.4 Å². The van der Waals surface area contributed by atoms with Crippen molar-refractivity contribution in [3.05, 3.63) is 66.4 Å². The van der Waals surface area contributed by atoms with Crippen LogP contribution >= 0.6 is 0 Å². The minimum Gasteiger partial charge on any atom is -0.310 e. The number of rotatable bonds is 5. The zero-order chi connectivity index (χ0) is 21.1.